The van der Waals surface area contributed by atoms with E-state index in [1.807, 2.05) is 0 Å². The van der Waals surface area contributed by atoms with Crippen LogP contribution in [0.25, 0.3) is 17.2 Å². The maximum atomic E-state index is 2.43. The maximum absolute atomic E-state index is 2.43. The van der Waals surface area contributed by atoms with Crippen LogP contribution in [-0.2, 0) is 0 Å². The lowest BCUT2D eigenvalue weighted by atomic mass is 9.78. The second-order valence-electron chi connectivity index (χ2n) is 8.80. The van der Waals surface area contributed by atoms with Crippen molar-refractivity contribution in [2.24, 2.45) is 5.92 Å². The van der Waals surface area contributed by atoms with Crippen LogP contribution in [0.4, 0.5) is 0 Å². The summed E-state index contributed by atoms with van der Waals surface area (Å²) in [6.45, 7) is 9.32. The largest absolute Gasteiger partial charge is 0.0619 e. The third-order valence-corrected chi connectivity index (χ3v) is 6.86. The van der Waals surface area contributed by atoms with Gasteiger partial charge in [0.2, 0.25) is 0 Å². The molecule has 0 bridgehead atoms. The minimum absolute atomic E-state index is 0.346. The Bertz CT molecular complexity index is 1160. The zero-order valence-corrected chi connectivity index (χ0v) is 17.7. The molecule has 0 heterocycles. The maximum Gasteiger partial charge on any atom is 0.0316 e. The highest BCUT2D eigenvalue weighted by Crippen LogP contribution is 2.51. The number of rotatable bonds is 3. The van der Waals surface area contributed by atoms with Gasteiger partial charge in [0, 0.05) is 11.8 Å². The molecule has 0 saturated heterocycles. The van der Waals surface area contributed by atoms with Crippen LogP contribution in [0, 0.1) is 5.92 Å². The van der Waals surface area contributed by atoms with Gasteiger partial charge in [0.15, 0.2) is 0 Å². The molecule has 0 spiro atoms. The van der Waals surface area contributed by atoms with E-state index < -0.39 is 0 Å². The van der Waals surface area contributed by atoms with Gasteiger partial charge in [0.25, 0.3) is 0 Å². The molecule has 0 aliphatic heterocycles. The van der Waals surface area contributed by atoms with Crippen molar-refractivity contribution < 1.29 is 0 Å². The molecule has 2 atom stereocenters. The Balaban J connectivity index is 1.71. The molecule has 144 valence electrons. The van der Waals surface area contributed by atoms with E-state index in [0.29, 0.717) is 17.8 Å². The quantitative estimate of drug-likeness (QED) is 0.435. The lowest BCUT2D eigenvalue weighted by molar-refractivity contribution is 0.715. The van der Waals surface area contributed by atoms with Crippen molar-refractivity contribution in [1.82, 2.24) is 0 Å². The van der Waals surface area contributed by atoms with Crippen LogP contribution in [0.5, 0.6) is 0 Å². The topological polar surface area (TPSA) is 0 Å². The summed E-state index contributed by atoms with van der Waals surface area (Å²) in [5, 5.41) is 0. The predicted molar refractivity (Wildman–Crippen MR) is 125 cm³/mol. The van der Waals surface area contributed by atoms with E-state index in [4.69, 9.17) is 0 Å². The van der Waals surface area contributed by atoms with E-state index >= 15 is 0 Å². The van der Waals surface area contributed by atoms with Gasteiger partial charge >= 0.3 is 0 Å². The van der Waals surface area contributed by atoms with Crippen LogP contribution in [0.1, 0.15) is 72.9 Å². The van der Waals surface area contributed by atoms with Crippen LogP contribution in [-0.4, -0.2) is 0 Å². The second kappa shape index (κ2) is 6.88. The van der Waals surface area contributed by atoms with E-state index in [1.54, 1.807) is 0 Å². The molecule has 5 rings (SSSR count). The molecule has 3 aromatic rings. The summed E-state index contributed by atoms with van der Waals surface area (Å²) < 4.78 is 0. The minimum atomic E-state index is 0.346. The molecule has 0 saturated carbocycles. The summed E-state index contributed by atoms with van der Waals surface area (Å²) in [5.74, 6) is 1.29. The summed E-state index contributed by atoms with van der Waals surface area (Å²) in [6.07, 6.45) is 2.43. The van der Waals surface area contributed by atoms with Gasteiger partial charge in [0.1, 0.15) is 0 Å². The highest BCUT2D eigenvalue weighted by molar-refractivity contribution is 5.99. The summed E-state index contributed by atoms with van der Waals surface area (Å²) >= 11 is 0. The fourth-order valence-corrected chi connectivity index (χ4v) is 5.47. The van der Waals surface area contributed by atoms with Gasteiger partial charge in [-0.15, -0.1) is 0 Å². The first-order chi connectivity index (χ1) is 14.1. The summed E-state index contributed by atoms with van der Waals surface area (Å²) in [5.41, 5.74) is 13.0. The van der Waals surface area contributed by atoms with E-state index in [2.05, 4.69) is 107 Å². The highest BCUT2D eigenvalue weighted by Gasteiger charge is 2.33. The number of benzene rings is 3. The SMILES string of the molecule is CC1=C(c2ccccc2C2C(C(C)C)=Cc3ccccc32)C(C)c2ccccc21. The van der Waals surface area contributed by atoms with Crippen LogP contribution in [0.2, 0.25) is 0 Å². The normalized spacial score (nSPS) is 20.1. The van der Waals surface area contributed by atoms with E-state index in [9.17, 15) is 0 Å². The number of allylic oxidation sites excluding steroid dienone is 3. The predicted octanol–water partition coefficient (Wildman–Crippen LogP) is 7.92. The second-order valence-corrected chi connectivity index (χ2v) is 8.80. The Morgan fingerprint density at radius 1 is 0.690 bits per heavy atom. The molecule has 0 N–H and O–H groups in total. The summed E-state index contributed by atoms with van der Waals surface area (Å²) in [7, 11) is 0. The molecule has 0 nitrogen and oxygen atoms in total. The molecule has 29 heavy (non-hydrogen) atoms. The molecule has 0 aromatic heterocycles. The van der Waals surface area contributed by atoms with Gasteiger partial charge in [-0.25, -0.2) is 0 Å². The zero-order chi connectivity index (χ0) is 20.1. The first-order valence-electron chi connectivity index (χ1n) is 10.8. The van der Waals surface area contributed by atoms with Crippen LogP contribution in [0.3, 0.4) is 0 Å². The molecular formula is C29H28. The monoisotopic (exact) mass is 376 g/mol. The first-order valence-corrected chi connectivity index (χ1v) is 10.8. The average molecular weight is 377 g/mol. The van der Waals surface area contributed by atoms with Gasteiger partial charge in [-0.3, -0.25) is 0 Å². The molecule has 0 fully saturated rings. The van der Waals surface area contributed by atoms with Crippen molar-refractivity contribution in [3.05, 3.63) is 112 Å². The van der Waals surface area contributed by atoms with Gasteiger partial charge in [-0.2, -0.15) is 0 Å². The standard InChI is InChI=1S/C29H28/c1-18(2)27-17-21-11-5-6-14-24(21)29(27)26-16-10-9-15-25(26)28-19(3)22-12-7-8-13-23(22)20(28)4/h5-19,29H,1-4H3. The third kappa shape index (κ3) is 2.74. The Morgan fingerprint density at radius 2 is 1.28 bits per heavy atom. The van der Waals surface area contributed by atoms with Crippen LogP contribution >= 0.6 is 0 Å². The average Bonchev–Trinajstić information content (AvgIpc) is 3.24. The molecular weight excluding hydrogens is 348 g/mol. The van der Waals surface area contributed by atoms with Crippen molar-refractivity contribution in [2.45, 2.75) is 39.5 Å². The number of hydrogen-bond acceptors (Lipinski definition) is 0. The van der Waals surface area contributed by atoms with Crippen molar-refractivity contribution in [3.8, 4) is 0 Å². The van der Waals surface area contributed by atoms with Crippen LogP contribution < -0.4 is 0 Å². The van der Waals surface area contributed by atoms with Gasteiger partial charge < -0.3 is 0 Å². The van der Waals surface area contributed by atoms with E-state index in [1.165, 1.54) is 50.1 Å². The zero-order valence-electron chi connectivity index (χ0n) is 17.7. The summed E-state index contributed by atoms with van der Waals surface area (Å²) in [6, 6.07) is 26.9. The molecule has 2 unspecified atom stereocenters. The van der Waals surface area contributed by atoms with Gasteiger partial charge in [0.05, 0.1) is 0 Å². The Morgan fingerprint density at radius 3 is 1.97 bits per heavy atom. The first kappa shape index (κ1) is 18.2. The fourth-order valence-electron chi connectivity index (χ4n) is 5.47. The van der Waals surface area contributed by atoms with Crippen molar-refractivity contribution in [1.29, 1.82) is 0 Å². The molecule has 0 amide bonds. The molecule has 2 aliphatic carbocycles. The highest BCUT2D eigenvalue weighted by atomic mass is 14.4. The Kier molecular flexibility index (Phi) is 4.32. The van der Waals surface area contributed by atoms with E-state index in [-0.39, 0.29) is 0 Å². The third-order valence-electron chi connectivity index (χ3n) is 6.86. The lowest BCUT2D eigenvalue weighted by Gasteiger charge is -2.25. The summed E-state index contributed by atoms with van der Waals surface area (Å²) in [4.78, 5) is 0. The minimum Gasteiger partial charge on any atom is -0.0619 e. The molecule has 0 radical (unpaired) electrons. The van der Waals surface area contributed by atoms with E-state index in [0.717, 1.165) is 0 Å². The Hall–Kier alpha value is -2.86. The van der Waals surface area contributed by atoms with Gasteiger partial charge in [-0.1, -0.05) is 105 Å². The molecule has 2 aliphatic rings. The number of fused-ring (bicyclic) bond motifs is 2. The number of hydrogen-bond donors (Lipinski definition) is 0. The molecule has 3 aromatic carbocycles. The smallest absolute Gasteiger partial charge is 0.0316 e. The molecule has 0 heteroatoms. The van der Waals surface area contributed by atoms with Gasteiger partial charge in [-0.05, 0) is 57.4 Å². The Labute approximate surface area is 174 Å². The van der Waals surface area contributed by atoms with Crippen LogP contribution in [0.15, 0.2) is 78.4 Å². The van der Waals surface area contributed by atoms with Crippen molar-refractivity contribution in [3.63, 3.8) is 0 Å². The fraction of sp³-hybridized carbons (Fsp3) is 0.241. The lowest BCUT2D eigenvalue weighted by Crippen LogP contribution is -2.09. The van der Waals surface area contributed by atoms with Crippen molar-refractivity contribution in [2.75, 3.05) is 0 Å². The van der Waals surface area contributed by atoms with Crippen molar-refractivity contribution >= 4 is 17.2 Å².